The molecule has 1 atom stereocenters. The average molecular weight is 297 g/mol. The number of amides is 1. The van der Waals surface area contributed by atoms with Crippen LogP contribution >= 0.6 is 0 Å². The summed E-state index contributed by atoms with van der Waals surface area (Å²) in [6, 6.07) is 10.3. The molecule has 1 amide bonds. The van der Waals surface area contributed by atoms with Gasteiger partial charge in [-0.3, -0.25) is 4.79 Å². The maximum Gasteiger partial charge on any atom is 0.223 e. The van der Waals surface area contributed by atoms with Crippen LogP contribution in [0.25, 0.3) is 0 Å². The molecule has 2 aromatic rings. The van der Waals surface area contributed by atoms with E-state index in [1.54, 1.807) is 0 Å². The Morgan fingerprint density at radius 1 is 1.27 bits per heavy atom. The molecular formula is C18H23N3O. The average Bonchev–Trinajstić information content (AvgIpc) is 3.08. The molecular weight excluding hydrogens is 274 g/mol. The van der Waals surface area contributed by atoms with Crippen LogP contribution in [-0.2, 0) is 17.9 Å². The number of hydrogen-bond donors (Lipinski definition) is 0. The van der Waals surface area contributed by atoms with Gasteiger partial charge in [-0.1, -0.05) is 44.2 Å². The van der Waals surface area contributed by atoms with Crippen LogP contribution in [0.1, 0.15) is 37.4 Å². The van der Waals surface area contributed by atoms with Crippen molar-refractivity contribution in [3.8, 4) is 0 Å². The van der Waals surface area contributed by atoms with Crippen LogP contribution in [0.3, 0.4) is 0 Å². The van der Waals surface area contributed by atoms with E-state index in [0.29, 0.717) is 24.8 Å². The standard InChI is InChI=1S/C18H23N3O/c1-14(2)10-21-13-19-9-17(21)12-20-11-16(8-18(20)22)15-6-4-3-5-7-15/h3-7,9,13-14,16H,8,10-12H2,1-2H3/t16-/m1/s1. The van der Waals surface area contributed by atoms with Gasteiger partial charge in [0.25, 0.3) is 0 Å². The lowest BCUT2D eigenvalue weighted by molar-refractivity contribution is -0.128. The predicted octanol–water partition coefficient (Wildman–Crippen LogP) is 3.06. The molecule has 0 saturated carbocycles. The molecule has 0 aliphatic carbocycles. The van der Waals surface area contributed by atoms with Crippen LogP contribution in [0.15, 0.2) is 42.9 Å². The summed E-state index contributed by atoms with van der Waals surface area (Å²) in [6.45, 7) is 6.79. The maximum atomic E-state index is 12.3. The molecule has 0 bridgehead atoms. The van der Waals surface area contributed by atoms with E-state index < -0.39 is 0 Å². The van der Waals surface area contributed by atoms with Crippen LogP contribution in [0, 0.1) is 5.92 Å². The summed E-state index contributed by atoms with van der Waals surface area (Å²) >= 11 is 0. The van der Waals surface area contributed by atoms with Gasteiger partial charge in [0, 0.05) is 31.6 Å². The Morgan fingerprint density at radius 3 is 2.77 bits per heavy atom. The SMILES string of the molecule is CC(C)Cn1cncc1CN1C[C@H](c2ccccc2)CC1=O. The zero-order chi connectivity index (χ0) is 15.5. The number of rotatable bonds is 5. The van der Waals surface area contributed by atoms with Crippen molar-refractivity contribution in [1.82, 2.24) is 14.5 Å². The lowest BCUT2D eigenvalue weighted by Gasteiger charge is -2.18. The first-order chi connectivity index (χ1) is 10.6. The lowest BCUT2D eigenvalue weighted by atomic mass is 9.99. The molecule has 0 N–H and O–H groups in total. The molecule has 0 spiro atoms. The fourth-order valence-corrected chi connectivity index (χ4v) is 3.11. The highest BCUT2D eigenvalue weighted by atomic mass is 16.2. The molecule has 22 heavy (non-hydrogen) atoms. The van der Waals surface area contributed by atoms with Crippen molar-refractivity contribution in [2.24, 2.45) is 5.92 Å². The minimum atomic E-state index is 0.242. The summed E-state index contributed by atoms with van der Waals surface area (Å²) in [5, 5.41) is 0. The molecule has 1 aliphatic heterocycles. The van der Waals surface area contributed by atoms with Crippen LogP contribution in [-0.4, -0.2) is 26.9 Å². The molecule has 1 aliphatic rings. The normalized spacial score (nSPS) is 18.4. The molecule has 1 aromatic heterocycles. The molecule has 116 valence electrons. The summed E-state index contributed by atoms with van der Waals surface area (Å²) in [5.74, 6) is 1.13. The van der Waals surface area contributed by atoms with Gasteiger partial charge in [-0.2, -0.15) is 0 Å². The topological polar surface area (TPSA) is 38.1 Å². The van der Waals surface area contributed by atoms with E-state index >= 15 is 0 Å². The highest BCUT2D eigenvalue weighted by molar-refractivity contribution is 5.79. The number of carbonyl (C=O) groups excluding carboxylic acids is 1. The van der Waals surface area contributed by atoms with Gasteiger partial charge in [0.2, 0.25) is 5.91 Å². The molecule has 0 radical (unpaired) electrons. The van der Waals surface area contributed by atoms with Gasteiger partial charge in [0.1, 0.15) is 0 Å². The maximum absolute atomic E-state index is 12.3. The molecule has 4 nitrogen and oxygen atoms in total. The first-order valence-electron chi connectivity index (χ1n) is 7.95. The van der Waals surface area contributed by atoms with E-state index in [2.05, 4.69) is 35.5 Å². The third-order valence-electron chi connectivity index (χ3n) is 4.20. The van der Waals surface area contributed by atoms with Crippen molar-refractivity contribution in [1.29, 1.82) is 0 Å². The van der Waals surface area contributed by atoms with E-state index in [9.17, 15) is 4.79 Å². The van der Waals surface area contributed by atoms with Gasteiger partial charge < -0.3 is 9.47 Å². The zero-order valence-corrected chi connectivity index (χ0v) is 13.3. The van der Waals surface area contributed by atoms with Crippen LogP contribution in [0.2, 0.25) is 0 Å². The second-order valence-corrected chi connectivity index (χ2v) is 6.52. The smallest absolute Gasteiger partial charge is 0.223 e. The van der Waals surface area contributed by atoms with Gasteiger partial charge in [-0.15, -0.1) is 0 Å². The minimum absolute atomic E-state index is 0.242. The molecule has 1 aromatic carbocycles. The molecule has 3 rings (SSSR count). The Bertz CT molecular complexity index is 633. The molecule has 0 unspecified atom stereocenters. The van der Waals surface area contributed by atoms with Crippen molar-refractivity contribution in [2.45, 2.75) is 39.3 Å². The number of aromatic nitrogens is 2. The quantitative estimate of drug-likeness (QED) is 0.850. The molecule has 2 heterocycles. The van der Waals surface area contributed by atoms with E-state index in [4.69, 9.17) is 0 Å². The summed E-state index contributed by atoms with van der Waals surface area (Å²) in [5.41, 5.74) is 2.38. The predicted molar refractivity (Wildman–Crippen MR) is 86.3 cm³/mol. The Hall–Kier alpha value is -2.10. The molecule has 1 fully saturated rings. The second kappa shape index (κ2) is 6.34. The number of hydrogen-bond acceptors (Lipinski definition) is 2. The van der Waals surface area contributed by atoms with Gasteiger partial charge in [-0.05, 0) is 11.5 Å². The number of likely N-dealkylation sites (tertiary alicyclic amines) is 1. The second-order valence-electron chi connectivity index (χ2n) is 6.52. The van der Waals surface area contributed by atoms with Gasteiger partial charge in [0.15, 0.2) is 0 Å². The van der Waals surface area contributed by atoms with Gasteiger partial charge in [0.05, 0.1) is 18.6 Å². The van der Waals surface area contributed by atoms with Crippen LogP contribution in [0.5, 0.6) is 0 Å². The first kappa shape index (κ1) is 14.8. The number of nitrogens with zero attached hydrogens (tertiary/aromatic N) is 3. The third-order valence-corrected chi connectivity index (χ3v) is 4.20. The number of carbonyl (C=O) groups is 1. The fraction of sp³-hybridized carbons (Fsp3) is 0.444. The minimum Gasteiger partial charge on any atom is -0.336 e. The summed E-state index contributed by atoms with van der Waals surface area (Å²) in [7, 11) is 0. The highest BCUT2D eigenvalue weighted by Gasteiger charge is 2.30. The number of benzene rings is 1. The Balaban J connectivity index is 1.69. The Labute approximate surface area is 131 Å². The van der Waals surface area contributed by atoms with Crippen molar-refractivity contribution < 1.29 is 4.79 Å². The largest absolute Gasteiger partial charge is 0.336 e. The molecule has 1 saturated heterocycles. The van der Waals surface area contributed by atoms with Crippen molar-refractivity contribution >= 4 is 5.91 Å². The van der Waals surface area contributed by atoms with Crippen molar-refractivity contribution in [3.63, 3.8) is 0 Å². The van der Waals surface area contributed by atoms with Crippen molar-refractivity contribution in [2.75, 3.05) is 6.54 Å². The lowest BCUT2D eigenvalue weighted by Crippen LogP contribution is -2.26. The first-order valence-corrected chi connectivity index (χ1v) is 7.95. The summed E-state index contributed by atoms with van der Waals surface area (Å²) in [4.78, 5) is 18.5. The van der Waals surface area contributed by atoms with E-state index in [1.165, 1.54) is 5.56 Å². The van der Waals surface area contributed by atoms with E-state index in [0.717, 1.165) is 18.8 Å². The van der Waals surface area contributed by atoms with Crippen LogP contribution < -0.4 is 0 Å². The monoisotopic (exact) mass is 297 g/mol. The number of imidazole rings is 1. The van der Waals surface area contributed by atoms with E-state index in [1.807, 2.05) is 35.6 Å². The van der Waals surface area contributed by atoms with Gasteiger partial charge in [-0.25, -0.2) is 4.98 Å². The van der Waals surface area contributed by atoms with Gasteiger partial charge >= 0.3 is 0 Å². The summed E-state index contributed by atoms with van der Waals surface area (Å²) in [6.07, 6.45) is 4.36. The Kier molecular flexibility index (Phi) is 4.27. The van der Waals surface area contributed by atoms with E-state index in [-0.39, 0.29) is 5.91 Å². The third kappa shape index (κ3) is 3.21. The Morgan fingerprint density at radius 2 is 2.05 bits per heavy atom. The molecule has 4 heteroatoms. The van der Waals surface area contributed by atoms with Crippen molar-refractivity contribution in [3.05, 3.63) is 54.1 Å². The summed E-state index contributed by atoms with van der Waals surface area (Å²) < 4.78 is 2.16. The van der Waals surface area contributed by atoms with Crippen LogP contribution in [0.4, 0.5) is 0 Å². The fourth-order valence-electron chi connectivity index (χ4n) is 3.11. The highest BCUT2D eigenvalue weighted by Crippen LogP contribution is 2.29. The zero-order valence-electron chi connectivity index (χ0n) is 13.3.